The lowest BCUT2D eigenvalue weighted by Crippen LogP contribution is -2.30. The molecule has 0 saturated heterocycles. The molecule has 0 amide bonds. The van der Waals surface area contributed by atoms with Crippen molar-refractivity contribution in [1.82, 2.24) is 5.32 Å². The fraction of sp³-hybridized carbons (Fsp3) is 0.600. The standard InChI is InChI=1S/C10H14N2O2/c1-6-4-7(13)9(8(14)5-6)10-11-2-3-12-10/h6,13H,2-5H2,1H3,(H,11,12). The first kappa shape index (κ1) is 9.24. The highest BCUT2D eigenvalue weighted by molar-refractivity contribution is 6.22. The van der Waals surface area contributed by atoms with Gasteiger partial charge >= 0.3 is 0 Å². The van der Waals surface area contributed by atoms with Crippen molar-refractivity contribution < 1.29 is 9.90 Å². The number of aliphatic hydroxyl groups is 1. The Hall–Kier alpha value is -1.32. The second-order valence-corrected chi connectivity index (χ2v) is 3.92. The van der Waals surface area contributed by atoms with Crippen LogP contribution in [0, 0.1) is 5.92 Å². The predicted octanol–water partition coefficient (Wildman–Crippen LogP) is 0.799. The zero-order valence-corrected chi connectivity index (χ0v) is 8.21. The van der Waals surface area contributed by atoms with Crippen molar-refractivity contribution in [3.8, 4) is 0 Å². The lowest BCUT2D eigenvalue weighted by Gasteiger charge is -2.20. The summed E-state index contributed by atoms with van der Waals surface area (Å²) in [5.41, 5.74) is 0.417. The average Bonchev–Trinajstić information content (AvgIpc) is 2.54. The molecule has 0 bridgehead atoms. The molecule has 0 aromatic heterocycles. The molecule has 1 aliphatic carbocycles. The second kappa shape index (κ2) is 3.44. The number of carbonyl (C=O) groups is 1. The summed E-state index contributed by atoms with van der Waals surface area (Å²) in [6, 6.07) is 0. The van der Waals surface area contributed by atoms with Crippen LogP contribution in [0.4, 0.5) is 0 Å². The van der Waals surface area contributed by atoms with Crippen LogP contribution in [0.1, 0.15) is 19.8 Å². The molecular formula is C10H14N2O2. The highest BCUT2D eigenvalue weighted by atomic mass is 16.3. The van der Waals surface area contributed by atoms with Gasteiger partial charge in [0, 0.05) is 19.4 Å². The summed E-state index contributed by atoms with van der Waals surface area (Å²) in [4.78, 5) is 15.8. The van der Waals surface area contributed by atoms with E-state index < -0.39 is 0 Å². The van der Waals surface area contributed by atoms with Gasteiger partial charge < -0.3 is 10.4 Å². The van der Waals surface area contributed by atoms with E-state index in [0.717, 1.165) is 6.54 Å². The lowest BCUT2D eigenvalue weighted by molar-refractivity contribution is -0.116. The van der Waals surface area contributed by atoms with Crippen LogP contribution < -0.4 is 5.32 Å². The van der Waals surface area contributed by atoms with Crippen LogP contribution >= 0.6 is 0 Å². The summed E-state index contributed by atoms with van der Waals surface area (Å²) < 4.78 is 0. The molecule has 2 aliphatic rings. The molecule has 1 atom stereocenters. The number of aliphatic imine (C=N–C) groups is 1. The van der Waals surface area contributed by atoms with E-state index in [2.05, 4.69) is 10.3 Å². The third-order valence-corrected chi connectivity index (χ3v) is 2.55. The molecule has 14 heavy (non-hydrogen) atoms. The van der Waals surface area contributed by atoms with Crippen LogP contribution in [0.3, 0.4) is 0 Å². The molecular weight excluding hydrogens is 180 g/mol. The summed E-state index contributed by atoms with van der Waals surface area (Å²) in [6.45, 7) is 3.42. The smallest absolute Gasteiger partial charge is 0.170 e. The Morgan fingerprint density at radius 3 is 2.86 bits per heavy atom. The van der Waals surface area contributed by atoms with Gasteiger partial charge in [-0.05, 0) is 5.92 Å². The zero-order chi connectivity index (χ0) is 10.1. The molecule has 0 aromatic carbocycles. The molecule has 76 valence electrons. The Balaban J connectivity index is 2.31. The van der Waals surface area contributed by atoms with Crippen molar-refractivity contribution in [3.05, 3.63) is 11.3 Å². The summed E-state index contributed by atoms with van der Waals surface area (Å²) in [5, 5.41) is 12.7. The fourth-order valence-corrected chi connectivity index (χ4v) is 1.92. The van der Waals surface area contributed by atoms with Gasteiger partial charge in [-0.25, -0.2) is 0 Å². The Bertz CT molecular complexity index is 331. The first-order chi connectivity index (χ1) is 6.68. The molecule has 2 N–H and O–H groups in total. The number of hydrogen-bond donors (Lipinski definition) is 2. The van der Waals surface area contributed by atoms with Gasteiger partial charge in [0.1, 0.15) is 11.6 Å². The minimum atomic E-state index is 0.00870. The third-order valence-electron chi connectivity index (χ3n) is 2.55. The average molecular weight is 194 g/mol. The van der Waals surface area contributed by atoms with Crippen molar-refractivity contribution >= 4 is 11.6 Å². The topological polar surface area (TPSA) is 61.7 Å². The summed E-state index contributed by atoms with van der Waals surface area (Å²) in [6.07, 6.45) is 1.10. The normalized spacial score (nSPS) is 27.6. The fourth-order valence-electron chi connectivity index (χ4n) is 1.92. The van der Waals surface area contributed by atoms with Crippen LogP contribution in [0.15, 0.2) is 16.3 Å². The first-order valence-electron chi connectivity index (χ1n) is 4.92. The van der Waals surface area contributed by atoms with Gasteiger partial charge in [-0.2, -0.15) is 0 Å². The van der Waals surface area contributed by atoms with Crippen molar-refractivity contribution in [2.45, 2.75) is 19.8 Å². The second-order valence-electron chi connectivity index (χ2n) is 3.92. The van der Waals surface area contributed by atoms with Crippen LogP contribution in [0.2, 0.25) is 0 Å². The number of nitrogens with one attached hydrogen (secondary N) is 1. The maximum absolute atomic E-state index is 11.7. The van der Waals surface area contributed by atoms with E-state index >= 15 is 0 Å². The maximum Gasteiger partial charge on any atom is 0.170 e. The Labute approximate surface area is 82.7 Å². The minimum Gasteiger partial charge on any atom is -0.511 e. The van der Waals surface area contributed by atoms with Crippen molar-refractivity contribution in [3.63, 3.8) is 0 Å². The SMILES string of the molecule is CC1CC(=O)C(C2=NCCN2)=C(O)C1. The molecule has 0 fully saturated rings. The maximum atomic E-state index is 11.7. The lowest BCUT2D eigenvalue weighted by atomic mass is 9.88. The molecule has 1 heterocycles. The molecule has 0 saturated carbocycles. The van der Waals surface area contributed by atoms with E-state index in [1.165, 1.54) is 0 Å². The van der Waals surface area contributed by atoms with Gasteiger partial charge in [-0.1, -0.05) is 6.92 Å². The minimum absolute atomic E-state index is 0.00870. The van der Waals surface area contributed by atoms with Gasteiger partial charge in [0.05, 0.1) is 12.1 Å². The number of allylic oxidation sites excluding steroid dienone is 1. The molecule has 4 heteroatoms. The molecule has 2 rings (SSSR count). The summed E-state index contributed by atoms with van der Waals surface area (Å²) in [5.74, 6) is 1.03. The Morgan fingerprint density at radius 2 is 2.29 bits per heavy atom. The van der Waals surface area contributed by atoms with Crippen LogP contribution in [-0.4, -0.2) is 29.8 Å². The van der Waals surface area contributed by atoms with Crippen molar-refractivity contribution in [2.24, 2.45) is 10.9 Å². The molecule has 0 radical (unpaired) electrons. The number of aliphatic hydroxyl groups excluding tert-OH is 1. The Morgan fingerprint density at radius 1 is 1.50 bits per heavy atom. The number of ketones is 1. The number of Topliss-reactive ketones (excluding diaryl/α,β-unsaturated/α-hetero) is 1. The quantitative estimate of drug-likeness (QED) is 0.649. The van der Waals surface area contributed by atoms with Gasteiger partial charge in [0.2, 0.25) is 0 Å². The highest BCUT2D eigenvalue weighted by Crippen LogP contribution is 2.25. The van der Waals surface area contributed by atoms with Crippen molar-refractivity contribution in [1.29, 1.82) is 0 Å². The van der Waals surface area contributed by atoms with Crippen LogP contribution in [-0.2, 0) is 4.79 Å². The number of rotatable bonds is 1. The highest BCUT2D eigenvalue weighted by Gasteiger charge is 2.29. The van der Waals surface area contributed by atoms with Crippen molar-refractivity contribution in [2.75, 3.05) is 13.1 Å². The molecule has 0 aromatic rings. The van der Waals surface area contributed by atoms with Crippen LogP contribution in [0.5, 0.6) is 0 Å². The predicted molar refractivity (Wildman–Crippen MR) is 53.4 cm³/mol. The Kier molecular flexibility index (Phi) is 2.27. The molecule has 0 spiro atoms. The number of carbonyl (C=O) groups excluding carboxylic acids is 1. The van der Waals surface area contributed by atoms with E-state index in [1.54, 1.807) is 0 Å². The van der Waals surface area contributed by atoms with Gasteiger partial charge in [0.15, 0.2) is 5.78 Å². The van der Waals surface area contributed by atoms with E-state index in [1.807, 2.05) is 6.92 Å². The first-order valence-corrected chi connectivity index (χ1v) is 4.92. The third kappa shape index (κ3) is 1.52. The number of nitrogens with zero attached hydrogens (tertiary/aromatic N) is 1. The molecule has 1 unspecified atom stereocenters. The number of hydrogen-bond acceptors (Lipinski definition) is 4. The zero-order valence-electron chi connectivity index (χ0n) is 8.21. The largest absolute Gasteiger partial charge is 0.511 e. The van der Waals surface area contributed by atoms with E-state index in [9.17, 15) is 9.90 Å². The van der Waals surface area contributed by atoms with E-state index in [0.29, 0.717) is 30.8 Å². The molecule has 4 nitrogen and oxygen atoms in total. The van der Waals surface area contributed by atoms with Gasteiger partial charge in [-0.15, -0.1) is 0 Å². The van der Waals surface area contributed by atoms with Gasteiger partial charge in [-0.3, -0.25) is 9.79 Å². The number of amidine groups is 1. The molecule has 1 aliphatic heterocycles. The monoisotopic (exact) mass is 194 g/mol. The van der Waals surface area contributed by atoms with Gasteiger partial charge in [0.25, 0.3) is 0 Å². The van der Waals surface area contributed by atoms with E-state index in [4.69, 9.17) is 0 Å². The summed E-state index contributed by atoms with van der Waals surface area (Å²) in [7, 11) is 0. The van der Waals surface area contributed by atoms with Crippen LogP contribution in [0.25, 0.3) is 0 Å². The van der Waals surface area contributed by atoms with E-state index in [-0.39, 0.29) is 17.5 Å². The summed E-state index contributed by atoms with van der Waals surface area (Å²) >= 11 is 0.